The summed E-state index contributed by atoms with van der Waals surface area (Å²) < 4.78 is 43.5. The molecule has 0 bridgehead atoms. The molecule has 0 unspecified atom stereocenters. The number of carbonyl (C=O) groups is 1. The lowest BCUT2D eigenvalue weighted by Crippen LogP contribution is -2.29. The quantitative estimate of drug-likeness (QED) is 0.780. The van der Waals surface area contributed by atoms with E-state index in [0.29, 0.717) is 12.0 Å². The van der Waals surface area contributed by atoms with Gasteiger partial charge in [-0.3, -0.25) is 9.35 Å². The largest absolute Gasteiger partial charge is 0.351 e. The third kappa shape index (κ3) is 5.99. The molecule has 1 aromatic carbocycles. The minimum Gasteiger partial charge on any atom is -0.351 e. The third-order valence-electron chi connectivity index (χ3n) is 2.66. The number of carbonyl (C=O) groups excluding carboxylic acids is 1. The Hall–Kier alpha value is -1.18. The molecular weight excluding hydrogens is 321 g/mol. The second kappa shape index (κ2) is 7.20. The molecule has 0 spiro atoms. The zero-order valence-electron chi connectivity index (χ0n) is 11.7. The first-order valence-electron chi connectivity index (χ1n) is 6.31. The van der Waals surface area contributed by atoms with Crippen molar-refractivity contribution >= 4 is 27.6 Å². The minimum atomic E-state index is -4.15. The second-order valence-electron chi connectivity index (χ2n) is 5.06. The summed E-state index contributed by atoms with van der Waals surface area (Å²) in [6.45, 7) is 3.57. The van der Waals surface area contributed by atoms with Crippen molar-refractivity contribution in [2.75, 3.05) is 12.3 Å². The van der Waals surface area contributed by atoms with E-state index in [2.05, 4.69) is 5.32 Å². The fourth-order valence-electron chi connectivity index (χ4n) is 1.73. The maximum absolute atomic E-state index is 13.9. The lowest BCUT2D eigenvalue weighted by molar-refractivity contribution is 0.0955. The first kappa shape index (κ1) is 17.9. The van der Waals surface area contributed by atoms with E-state index in [1.165, 1.54) is 6.07 Å². The van der Waals surface area contributed by atoms with Crippen molar-refractivity contribution in [2.45, 2.75) is 20.3 Å². The third-order valence-corrected chi connectivity index (χ3v) is 3.72. The van der Waals surface area contributed by atoms with E-state index in [1.54, 1.807) is 0 Å². The highest BCUT2D eigenvalue weighted by Gasteiger charge is 2.15. The zero-order valence-corrected chi connectivity index (χ0v) is 13.3. The van der Waals surface area contributed by atoms with Gasteiger partial charge in [-0.15, -0.1) is 0 Å². The van der Waals surface area contributed by atoms with Gasteiger partial charge in [0.15, 0.2) is 0 Å². The second-order valence-corrected chi connectivity index (χ2v) is 7.04. The molecule has 8 heteroatoms. The van der Waals surface area contributed by atoms with Crippen LogP contribution in [0, 0.1) is 11.7 Å². The molecular formula is C13H17ClFNO4S. The summed E-state index contributed by atoms with van der Waals surface area (Å²) in [5.74, 6) is -1.63. The standard InChI is InChI=1S/C13H17ClFNO4S/c1-8(2)5-10-11(14)6-9(7-12(10)15)13(17)16-3-4-21(18,19)20/h6-8H,3-5H2,1-2H3,(H,16,17)(H,18,19,20). The molecule has 0 aromatic heterocycles. The molecule has 0 heterocycles. The van der Waals surface area contributed by atoms with E-state index < -0.39 is 27.6 Å². The Kier molecular flexibility index (Phi) is 6.12. The number of nitrogens with one attached hydrogen (secondary N) is 1. The Balaban J connectivity index is 2.82. The molecule has 21 heavy (non-hydrogen) atoms. The maximum Gasteiger partial charge on any atom is 0.266 e. The van der Waals surface area contributed by atoms with Gasteiger partial charge in [-0.25, -0.2) is 4.39 Å². The Morgan fingerprint density at radius 3 is 2.52 bits per heavy atom. The lowest BCUT2D eigenvalue weighted by atomic mass is 10.0. The lowest BCUT2D eigenvalue weighted by Gasteiger charge is -2.11. The number of hydrogen-bond donors (Lipinski definition) is 2. The van der Waals surface area contributed by atoms with Gasteiger partial charge in [-0.05, 0) is 24.5 Å². The summed E-state index contributed by atoms with van der Waals surface area (Å²) in [6.07, 6.45) is 0.454. The summed E-state index contributed by atoms with van der Waals surface area (Å²) in [7, 11) is -4.15. The van der Waals surface area contributed by atoms with Crippen molar-refractivity contribution in [3.8, 4) is 0 Å². The van der Waals surface area contributed by atoms with Crippen LogP contribution >= 0.6 is 11.6 Å². The Morgan fingerprint density at radius 2 is 2.05 bits per heavy atom. The van der Waals surface area contributed by atoms with E-state index in [9.17, 15) is 17.6 Å². The molecule has 0 aliphatic heterocycles. The molecule has 0 saturated carbocycles. The van der Waals surface area contributed by atoms with Gasteiger partial charge in [0.2, 0.25) is 0 Å². The summed E-state index contributed by atoms with van der Waals surface area (Å²) in [4.78, 5) is 11.8. The van der Waals surface area contributed by atoms with Crippen LogP contribution in [0.25, 0.3) is 0 Å². The summed E-state index contributed by atoms with van der Waals surface area (Å²) >= 11 is 5.97. The molecule has 0 aliphatic carbocycles. The fourth-order valence-corrected chi connectivity index (χ4v) is 2.38. The van der Waals surface area contributed by atoms with Crippen LogP contribution in [0.4, 0.5) is 4.39 Å². The smallest absolute Gasteiger partial charge is 0.266 e. The molecule has 2 N–H and O–H groups in total. The molecule has 5 nitrogen and oxygen atoms in total. The van der Waals surface area contributed by atoms with Gasteiger partial charge >= 0.3 is 0 Å². The predicted octanol–water partition coefficient (Wildman–Crippen LogP) is 2.30. The van der Waals surface area contributed by atoms with Crippen molar-refractivity contribution in [2.24, 2.45) is 5.92 Å². The monoisotopic (exact) mass is 337 g/mol. The van der Waals surface area contributed by atoms with E-state index in [0.717, 1.165) is 6.07 Å². The predicted molar refractivity (Wildman–Crippen MR) is 78.7 cm³/mol. The number of amides is 1. The first-order chi connectivity index (χ1) is 9.60. The normalized spacial score (nSPS) is 11.7. The van der Waals surface area contributed by atoms with Crippen LogP contribution in [-0.4, -0.2) is 31.2 Å². The van der Waals surface area contributed by atoms with Gasteiger partial charge in [0.25, 0.3) is 16.0 Å². The fraction of sp³-hybridized carbons (Fsp3) is 0.462. The summed E-state index contributed by atoms with van der Waals surface area (Å²) in [5.41, 5.74) is 0.349. The number of benzene rings is 1. The topological polar surface area (TPSA) is 83.5 Å². The van der Waals surface area contributed by atoms with Crippen LogP contribution in [0.3, 0.4) is 0 Å². The summed E-state index contributed by atoms with van der Waals surface area (Å²) in [5, 5.41) is 2.42. The van der Waals surface area contributed by atoms with Gasteiger partial charge in [0, 0.05) is 22.7 Å². The highest BCUT2D eigenvalue weighted by molar-refractivity contribution is 7.85. The molecule has 0 fully saturated rings. The average molecular weight is 338 g/mol. The highest BCUT2D eigenvalue weighted by atomic mass is 35.5. The van der Waals surface area contributed by atoms with Crippen molar-refractivity contribution in [1.29, 1.82) is 0 Å². The van der Waals surface area contributed by atoms with Crippen molar-refractivity contribution < 1.29 is 22.2 Å². The van der Waals surface area contributed by atoms with Crippen LogP contribution < -0.4 is 5.32 Å². The highest BCUT2D eigenvalue weighted by Crippen LogP contribution is 2.24. The molecule has 1 aromatic rings. The maximum atomic E-state index is 13.9. The van der Waals surface area contributed by atoms with E-state index in [4.69, 9.17) is 16.2 Å². The first-order valence-corrected chi connectivity index (χ1v) is 8.30. The Morgan fingerprint density at radius 1 is 1.43 bits per heavy atom. The van der Waals surface area contributed by atoms with E-state index in [-0.39, 0.29) is 23.0 Å². The molecule has 1 rings (SSSR count). The van der Waals surface area contributed by atoms with Crippen molar-refractivity contribution in [1.82, 2.24) is 5.32 Å². The van der Waals surface area contributed by atoms with E-state index >= 15 is 0 Å². The van der Waals surface area contributed by atoms with Crippen molar-refractivity contribution in [3.63, 3.8) is 0 Å². The van der Waals surface area contributed by atoms with E-state index in [1.807, 2.05) is 13.8 Å². The molecule has 118 valence electrons. The number of rotatable bonds is 6. The van der Waals surface area contributed by atoms with Crippen LogP contribution in [0.2, 0.25) is 5.02 Å². The van der Waals surface area contributed by atoms with Gasteiger partial charge < -0.3 is 5.32 Å². The van der Waals surface area contributed by atoms with Gasteiger partial charge in [-0.2, -0.15) is 8.42 Å². The number of hydrogen-bond acceptors (Lipinski definition) is 3. The van der Waals surface area contributed by atoms with Gasteiger partial charge in [-0.1, -0.05) is 25.4 Å². The van der Waals surface area contributed by atoms with Crippen LogP contribution in [-0.2, 0) is 16.5 Å². The minimum absolute atomic E-state index is 0.000318. The molecule has 1 amide bonds. The number of halogens is 2. The van der Waals surface area contributed by atoms with Gasteiger partial charge in [0.05, 0.1) is 5.75 Å². The van der Waals surface area contributed by atoms with Crippen molar-refractivity contribution in [3.05, 3.63) is 34.1 Å². The SMILES string of the molecule is CC(C)Cc1c(F)cc(C(=O)NCCS(=O)(=O)O)cc1Cl. The molecule has 0 radical (unpaired) electrons. The molecule has 0 saturated heterocycles. The Bertz CT molecular complexity index is 608. The molecule has 0 aliphatic rings. The summed E-state index contributed by atoms with van der Waals surface area (Å²) in [6, 6.07) is 2.40. The van der Waals surface area contributed by atoms with Crippen LogP contribution in [0.1, 0.15) is 29.8 Å². The average Bonchev–Trinajstić information content (AvgIpc) is 2.31. The van der Waals surface area contributed by atoms with Crippen LogP contribution in [0.15, 0.2) is 12.1 Å². The van der Waals surface area contributed by atoms with Gasteiger partial charge in [0.1, 0.15) is 5.82 Å². The Labute approximate surface area is 128 Å². The zero-order chi connectivity index (χ0) is 16.2. The molecule has 0 atom stereocenters. The van der Waals surface area contributed by atoms with Crippen LogP contribution in [0.5, 0.6) is 0 Å².